The summed E-state index contributed by atoms with van der Waals surface area (Å²) in [7, 11) is 0. The van der Waals surface area contributed by atoms with Crippen molar-refractivity contribution in [1.29, 1.82) is 0 Å². The molecule has 104 valence electrons. The average molecular weight is 268 g/mol. The number of nitro benzene ring substituents is 1. The molecule has 1 rings (SSSR count). The Morgan fingerprint density at radius 1 is 1.47 bits per heavy atom. The molecule has 0 bridgehead atoms. The van der Waals surface area contributed by atoms with E-state index in [4.69, 9.17) is 4.74 Å². The van der Waals surface area contributed by atoms with Crippen molar-refractivity contribution in [3.8, 4) is 5.75 Å². The summed E-state index contributed by atoms with van der Waals surface area (Å²) in [4.78, 5) is 21.5. The third-order valence-corrected chi connectivity index (χ3v) is 2.03. The Balaban J connectivity index is 2.70. The first-order valence-corrected chi connectivity index (χ1v) is 5.62. The van der Waals surface area contributed by atoms with Gasteiger partial charge in [0.05, 0.1) is 10.6 Å². The molecule has 19 heavy (non-hydrogen) atoms. The standard InChI is InChI=1S/C12H16N2O5/c1-12(2,3)19-11(16)7-13-9-6-8(14(17)18)4-5-10(9)15/h4-6,13,15H,7H2,1-3H3. The van der Waals surface area contributed by atoms with Crippen LogP contribution in [0.4, 0.5) is 11.4 Å². The molecule has 0 saturated carbocycles. The predicted octanol–water partition coefficient (Wildman–Crippen LogP) is 2.05. The minimum absolute atomic E-state index is 0.111. The largest absolute Gasteiger partial charge is 0.506 e. The van der Waals surface area contributed by atoms with Gasteiger partial charge < -0.3 is 15.2 Å². The lowest BCUT2D eigenvalue weighted by atomic mass is 10.2. The van der Waals surface area contributed by atoms with Crippen LogP contribution < -0.4 is 5.32 Å². The van der Waals surface area contributed by atoms with Crippen molar-refractivity contribution in [2.24, 2.45) is 0 Å². The molecule has 0 unspecified atom stereocenters. The quantitative estimate of drug-likeness (QED) is 0.375. The van der Waals surface area contributed by atoms with Crippen LogP contribution in [0.15, 0.2) is 18.2 Å². The van der Waals surface area contributed by atoms with Crippen molar-refractivity contribution >= 4 is 17.3 Å². The topological polar surface area (TPSA) is 102 Å². The van der Waals surface area contributed by atoms with Crippen LogP contribution in [0.1, 0.15) is 20.8 Å². The van der Waals surface area contributed by atoms with Crippen LogP contribution in [0.25, 0.3) is 0 Å². The Bertz CT molecular complexity index is 493. The summed E-state index contributed by atoms with van der Waals surface area (Å²) >= 11 is 0. The Kier molecular flexibility index (Phi) is 4.31. The van der Waals surface area contributed by atoms with Crippen molar-refractivity contribution < 1.29 is 19.6 Å². The van der Waals surface area contributed by atoms with E-state index in [9.17, 15) is 20.0 Å². The third kappa shape index (κ3) is 4.82. The fraction of sp³-hybridized carbons (Fsp3) is 0.417. The Morgan fingerprint density at radius 3 is 2.63 bits per heavy atom. The van der Waals surface area contributed by atoms with Gasteiger partial charge in [0.1, 0.15) is 17.9 Å². The van der Waals surface area contributed by atoms with Gasteiger partial charge in [0.25, 0.3) is 5.69 Å². The number of carbonyl (C=O) groups is 1. The number of esters is 1. The summed E-state index contributed by atoms with van der Waals surface area (Å²) in [6.07, 6.45) is 0. The van der Waals surface area contributed by atoms with E-state index in [1.165, 1.54) is 12.1 Å². The summed E-state index contributed by atoms with van der Waals surface area (Å²) in [6, 6.07) is 3.52. The number of hydrogen-bond donors (Lipinski definition) is 2. The van der Waals surface area contributed by atoms with Crippen LogP contribution in [0.3, 0.4) is 0 Å². The van der Waals surface area contributed by atoms with E-state index >= 15 is 0 Å². The first-order chi connectivity index (χ1) is 8.69. The second-order valence-electron chi connectivity index (χ2n) is 4.90. The number of anilines is 1. The van der Waals surface area contributed by atoms with Crippen LogP contribution in [0.2, 0.25) is 0 Å². The monoisotopic (exact) mass is 268 g/mol. The van der Waals surface area contributed by atoms with E-state index in [0.29, 0.717) is 0 Å². The molecular formula is C12H16N2O5. The van der Waals surface area contributed by atoms with Gasteiger partial charge in [0, 0.05) is 12.1 Å². The minimum atomic E-state index is -0.608. The number of nitrogens with zero attached hydrogens (tertiary/aromatic N) is 1. The van der Waals surface area contributed by atoms with Crippen molar-refractivity contribution in [1.82, 2.24) is 0 Å². The van der Waals surface area contributed by atoms with Crippen LogP contribution in [0.5, 0.6) is 5.75 Å². The first-order valence-electron chi connectivity index (χ1n) is 5.62. The summed E-state index contributed by atoms with van der Waals surface area (Å²) in [6.45, 7) is 5.01. The normalized spacial score (nSPS) is 10.9. The second kappa shape index (κ2) is 5.55. The van der Waals surface area contributed by atoms with E-state index in [2.05, 4.69) is 5.32 Å². The van der Waals surface area contributed by atoms with Crippen molar-refractivity contribution in [3.63, 3.8) is 0 Å². The summed E-state index contributed by atoms with van der Waals surface area (Å²) < 4.78 is 5.06. The van der Waals surface area contributed by atoms with Crippen LogP contribution in [-0.4, -0.2) is 28.1 Å². The van der Waals surface area contributed by atoms with Gasteiger partial charge in [0.15, 0.2) is 0 Å². The third-order valence-electron chi connectivity index (χ3n) is 2.03. The summed E-state index contributed by atoms with van der Waals surface area (Å²) in [5, 5.41) is 22.7. The van der Waals surface area contributed by atoms with Gasteiger partial charge in [-0.15, -0.1) is 0 Å². The van der Waals surface area contributed by atoms with Crippen molar-refractivity contribution in [2.75, 3.05) is 11.9 Å². The van der Waals surface area contributed by atoms with Crippen LogP contribution in [-0.2, 0) is 9.53 Å². The molecule has 0 fully saturated rings. The molecule has 0 heterocycles. The molecule has 0 aliphatic heterocycles. The highest BCUT2D eigenvalue weighted by Crippen LogP contribution is 2.27. The summed E-state index contributed by atoms with van der Waals surface area (Å²) in [5.41, 5.74) is -0.673. The molecule has 7 nitrogen and oxygen atoms in total. The molecule has 0 aliphatic carbocycles. The number of nitrogens with one attached hydrogen (secondary N) is 1. The number of carbonyl (C=O) groups excluding carboxylic acids is 1. The lowest BCUT2D eigenvalue weighted by molar-refractivity contribution is -0.384. The SMILES string of the molecule is CC(C)(C)OC(=O)CNc1cc([N+](=O)[O-])ccc1O. The highest BCUT2D eigenvalue weighted by Gasteiger charge is 2.17. The number of benzene rings is 1. The fourth-order valence-corrected chi connectivity index (χ4v) is 1.32. The molecule has 0 atom stereocenters. The number of aromatic hydroxyl groups is 1. The Morgan fingerprint density at radius 2 is 2.11 bits per heavy atom. The molecule has 2 N–H and O–H groups in total. The van der Waals surface area contributed by atoms with E-state index in [0.717, 1.165) is 6.07 Å². The van der Waals surface area contributed by atoms with Crippen molar-refractivity contribution in [3.05, 3.63) is 28.3 Å². The van der Waals surface area contributed by atoms with Gasteiger partial charge in [-0.2, -0.15) is 0 Å². The maximum absolute atomic E-state index is 11.5. The molecule has 0 saturated heterocycles. The molecule has 0 amide bonds. The van der Waals surface area contributed by atoms with E-state index < -0.39 is 16.5 Å². The van der Waals surface area contributed by atoms with E-state index in [1.54, 1.807) is 20.8 Å². The van der Waals surface area contributed by atoms with Gasteiger partial charge in [-0.3, -0.25) is 14.9 Å². The smallest absolute Gasteiger partial charge is 0.325 e. The second-order valence-corrected chi connectivity index (χ2v) is 4.90. The van der Waals surface area contributed by atoms with Gasteiger partial charge in [0.2, 0.25) is 0 Å². The maximum Gasteiger partial charge on any atom is 0.325 e. The van der Waals surface area contributed by atoms with Gasteiger partial charge in [-0.05, 0) is 26.8 Å². The predicted molar refractivity (Wildman–Crippen MR) is 69.1 cm³/mol. The minimum Gasteiger partial charge on any atom is -0.506 e. The van der Waals surface area contributed by atoms with Crippen LogP contribution >= 0.6 is 0 Å². The Hall–Kier alpha value is -2.31. The first kappa shape index (κ1) is 14.7. The summed E-state index contributed by atoms with van der Waals surface area (Å²) in [5.74, 6) is -0.687. The highest BCUT2D eigenvalue weighted by molar-refractivity contribution is 5.76. The molecule has 7 heteroatoms. The molecule has 0 aromatic heterocycles. The Labute approximate surface area is 110 Å². The number of nitro groups is 1. The number of ether oxygens (including phenoxy) is 1. The van der Waals surface area contributed by atoms with Gasteiger partial charge in [-0.1, -0.05) is 0 Å². The number of phenols is 1. The molecule has 0 radical (unpaired) electrons. The zero-order valence-electron chi connectivity index (χ0n) is 11.0. The number of non-ortho nitro benzene ring substituents is 1. The molecule has 0 aliphatic rings. The fourth-order valence-electron chi connectivity index (χ4n) is 1.32. The zero-order chi connectivity index (χ0) is 14.6. The molecular weight excluding hydrogens is 252 g/mol. The zero-order valence-corrected chi connectivity index (χ0v) is 11.0. The number of rotatable bonds is 4. The van der Waals surface area contributed by atoms with Gasteiger partial charge >= 0.3 is 5.97 Å². The lowest BCUT2D eigenvalue weighted by Gasteiger charge is -2.19. The number of hydrogen-bond acceptors (Lipinski definition) is 6. The average Bonchev–Trinajstić information content (AvgIpc) is 2.25. The van der Waals surface area contributed by atoms with E-state index in [1.807, 2.05) is 0 Å². The van der Waals surface area contributed by atoms with Crippen LogP contribution in [0, 0.1) is 10.1 Å². The lowest BCUT2D eigenvalue weighted by Crippen LogP contribution is -2.28. The molecule has 0 spiro atoms. The van der Waals surface area contributed by atoms with Gasteiger partial charge in [-0.25, -0.2) is 0 Å². The number of phenolic OH excluding ortho intramolecular Hbond substituents is 1. The van der Waals surface area contributed by atoms with Crippen molar-refractivity contribution in [2.45, 2.75) is 26.4 Å². The molecule has 1 aromatic carbocycles. The van der Waals surface area contributed by atoms with E-state index in [-0.39, 0.29) is 23.7 Å². The molecule has 1 aromatic rings. The highest BCUT2D eigenvalue weighted by atomic mass is 16.6. The maximum atomic E-state index is 11.5.